The van der Waals surface area contributed by atoms with E-state index in [9.17, 15) is 13.2 Å². The smallest absolute Gasteiger partial charge is 0.263 e. The van der Waals surface area contributed by atoms with Crippen LogP contribution in [0.5, 0.6) is 0 Å². The zero-order valence-corrected chi connectivity index (χ0v) is 15.7. The van der Waals surface area contributed by atoms with Crippen molar-refractivity contribution in [1.29, 1.82) is 0 Å². The number of imidazole rings is 1. The molecule has 0 spiro atoms. The minimum atomic E-state index is -3.61. The predicted molar refractivity (Wildman–Crippen MR) is 96.1 cm³/mol. The van der Waals surface area contributed by atoms with Crippen molar-refractivity contribution in [2.45, 2.75) is 43.7 Å². The van der Waals surface area contributed by atoms with Crippen LogP contribution in [0.3, 0.4) is 0 Å². The standard InChI is InChI=1S/C16H22N4O3S2/c1-13(11-19-9-6-17-12-19)18-16(21)15-14(5-10-24-15)25(22,23)20-7-3-2-4-8-20/h5-6,9-10,12-13H,2-4,7-8,11H2,1H3,(H,18,21)/t13-/m0/s1. The molecule has 2 aromatic heterocycles. The molecule has 1 N–H and O–H groups in total. The molecule has 7 nitrogen and oxygen atoms in total. The summed E-state index contributed by atoms with van der Waals surface area (Å²) in [4.78, 5) is 16.9. The first-order chi connectivity index (χ1) is 12.0. The van der Waals surface area contributed by atoms with E-state index in [0.717, 1.165) is 30.6 Å². The number of hydrogen-bond donors (Lipinski definition) is 1. The van der Waals surface area contributed by atoms with E-state index in [1.54, 1.807) is 17.9 Å². The minimum absolute atomic E-state index is 0.117. The summed E-state index contributed by atoms with van der Waals surface area (Å²) in [5.74, 6) is -0.349. The lowest BCUT2D eigenvalue weighted by Crippen LogP contribution is -2.38. The molecule has 1 fully saturated rings. The van der Waals surface area contributed by atoms with Crippen molar-refractivity contribution in [2.24, 2.45) is 0 Å². The van der Waals surface area contributed by atoms with Crippen LogP contribution in [0.15, 0.2) is 35.1 Å². The van der Waals surface area contributed by atoms with Gasteiger partial charge in [-0.2, -0.15) is 4.31 Å². The van der Waals surface area contributed by atoms with E-state index >= 15 is 0 Å². The number of aromatic nitrogens is 2. The van der Waals surface area contributed by atoms with Gasteiger partial charge in [-0.05, 0) is 31.2 Å². The summed E-state index contributed by atoms with van der Waals surface area (Å²) >= 11 is 1.16. The van der Waals surface area contributed by atoms with Crippen molar-refractivity contribution < 1.29 is 13.2 Å². The molecule has 1 saturated heterocycles. The Kier molecular flexibility index (Phi) is 5.55. The largest absolute Gasteiger partial charge is 0.347 e. The number of amides is 1. The molecule has 3 rings (SSSR count). The molecule has 0 saturated carbocycles. The Hall–Kier alpha value is -1.71. The number of sulfonamides is 1. The number of carbonyl (C=O) groups is 1. The van der Waals surface area contributed by atoms with E-state index in [2.05, 4.69) is 10.3 Å². The fourth-order valence-electron chi connectivity index (χ4n) is 2.96. The number of nitrogens with zero attached hydrogens (tertiary/aromatic N) is 3. The molecule has 0 radical (unpaired) electrons. The summed E-state index contributed by atoms with van der Waals surface area (Å²) in [6.07, 6.45) is 7.96. The maximum absolute atomic E-state index is 12.9. The maximum atomic E-state index is 12.9. The number of hydrogen-bond acceptors (Lipinski definition) is 5. The fraction of sp³-hybridized carbons (Fsp3) is 0.500. The number of piperidine rings is 1. The molecule has 3 heterocycles. The van der Waals surface area contributed by atoms with Crippen molar-refractivity contribution in [1.82, 2.24) is 19.2 Å². The lowest BCUT2D eigenvalue weighted by molar-refractivity contribution is 0.0937. The summed E-state index contributed by atoms with van der Waals surface area (Å²) in [6, 6.07) is 1.39. The zero-order valence-electron chi connectivity index (χ0n) is 14.1. The molecule has 0 bridgehead atoms. The van der Waals surface area contributed by atoms with Crippen LogP contribution in [0, 0.1) is 0 Å². The van der Waals surface area contributed by atoms with Crippen LogP contribution in [0.2, 0.25) is 0 Å². The molecule has 1 aliphatic heterocycles. The quantitative estimate of drug-likeness (QED) is 0.827. The number of rotatable bonds is 6. The molecule has 0 aliphatic carbocycles. The molecule has 9 heteroatoms. The van der Waals surface area contributed by atoms with E-state index in [-0.39, 0.29) is 21.7 Å². The number of thiophene rings is 1. The van der Waals surface area contributed by atoms with Gasteiger partial charge in [0.05, 0.1) is 6.33 Å². The Morgan fingerprint density at radius 3 is 2.80 bits per heavy atom. The van der Waals surface area contributed by atoms with Crippen LogP contribution in [-0.4, -0.2) is 47.3 Å². The highest BCUT2D eigenvalue weighted by Gasteiger charge is 2.31. The van der Waals surface area contributed by atoms with Gasteiger partial charge in [-0.25, -0.2) is 13.4 Å². The highest BCUT2D eigenvalue weighted by molar-refractivity contribution is 7.89. The Labute approximate surface area is 151 Å². The first kappa shape index (κ1) is 18.1. The SMILES string of the molecule is C[C@@H](Cn1ccnc1)NC(=O)c1sccc1S(=O)(=O)N1CCCCC1. The minimum Gasteiger partial charge on any atom is -0.347 e. The maximum Gasteiger partial charge on any atom is 0.263 e. The van der Waals surface area contributed by atoms with Gasteiger partial charge in [-0.3, -0.25) is 4.79 Å². The van der Waals surface area contributed by atoms with E-state index in [1.165, 1.54) is 10.4 Å². The molecular weight excluding hydrogens is 360 g/mol. The molecule has 1 atom stereocenters. The van der Waals surface area contributed by atoms with Crippen molar-refractivity contribution in [3.05, 3.63) is 35.0 Å². The molecule has 0 aromatic carbocycles. The van der Waals surface area contributed by atoms with Gasteiger partial charge in [-0.15, -0.1) is 11.3 Å². The molecule has 0 unspecified atom stereocenters. The van der Waals surface area contributed by atoms with Crippen molar-refractivity contribution >= 4 is 27.3 Å². The summed E-state index contributed by atoms with van der Waals surface area (Å²) in [6.45, 7) is 3.50. The third-order valence-electron chi connectivity index (χ3n) is 4.19. The molecule has 1 amide bonds. The van der Waals surface area contributed by atoms with Crippen LogP contribution in [-0.2, 0) is 16.6 Å². The molecule has 25 heavy (non-hydrogen) atoms. The second kappa shape index (κ2) is 7.67. The highest BCUT2D eigenvalue weighted by atomic mass is 32.2. The summed E-state index contributed by atoms with van der Waals surface area (Å²) < 4.78 is 29.1. The predicted octanol–water partition coefficient (Wildman–Crippen LogP) is 1.94. The lowest BCUT2D eigenvalue weighted by atomic mass is 10.2. The van der Waals surface area contributed by atoms with Crippen molar-refractivity contribution in [3.63, 3.8) is 0 Å². The molecule has 2 aromatic rings. The van der Waals surface area contributed by atoms with Gasteiger partial charge in [0.2, 0.25) is 10.0 Å². The van der Waals surface area contributed by atoms with Crippen LogP contribution in [0.1, 0.15) is 35.9 Å². The first-order valence-electron chi connectivity index (χ1n) is 8.33. The summed E-state index contributed by atoms with van der Waals surface area (Å²) in [5.41, 5.74) is 0. The third kappa shape index (κ3) is 4.10. The van der Waals surface area contributed by atoms with Crippen LogP contribution in [0.4, 0.5) is 0 Å². The van der Waals surface area contributed by atoms with E-state index in [4.69, 9.17) is 0 Å². The topological polar surface area (TPSA) is 84.3 Å². The van der Waals surface area contributed by atoms with Crippen molar-refractivity contribution in [3.8, 4) is 0 Å². The number of carbonyl (C=O) groups excluding carboxylic acids is 1. The van der Waals surface area contributed by atoms with Crippen LogP contribution < -0.4 is 5.32 Å². The Bertz CT molecular complexity index is 808. The average Bonchev–Trinajstić information content (AvgIpc) is 3.27. The van der Waals surface area contributed by atoms with Gasteiger partial charge in [0.1, 0.15) is 9.77 Å². The van der Waals surface area contributed by atoms with Gasteiger partial charge in [-0.1, -0.05) is 6.42 Å². The van der Waals surface area contributed by atoms with Gasteiger partial charge >= 0.3 is 0 Å². The second-order valence-electron chi connectivity index (χ2n) is 6.21. The van der Waals surface area contributed by atoms with Crippen LogP contribution >= 0.6 is 11.3 Å². The van der Waals surface area contributed by atoms with Gasteiger partial charge in [0.15, 0.2) is 0 Å². The Balaban J connectivity index is 1.73. The van der Waals surface area contributed by atoms with E-state index < -0.39 is 10.0 Å². The highest BCUT2D eigenvalue weighted by Crippen LogP contribution is 2.27. The Morgan fingerprint density at radius 2 is 2.12 bits per heavy atom. The average molecular weight is 383 g/mol. The van der Waals surface area contributed by atoms with E-state index in [0.29, 0.717) is 19.6 Å². The summed E-state index contributed by atoms with van der Waals surface area (Å²) in [7, 11) is -3.61. The Morgan fingerprint density at radius 1 is 1.36 bits per heavy atom. The van der Waals surface area contributed by atoms with Crippen molar-refractivity contribution in [2.75, 3.05) is 13.1 Å². The summed E-state index contributed by atoms with van der Waals surface area (Å²) in [5, 5.41) is 4.53. The van der Waals surface area contributed by atoms with E-state index in [1.807, 2.05) is 17.7 Å². The third-order valence-corrected chi connectivity index (χ3v) is 7.17. The zero-order chi connectivity index (χ0) is 17.9. The fourth-order valence-corrected chi connectivity index (χ4v) is 5.78. The monoisotopic (exact) mass is 382 g/mol. The van der Waals surface area contributed by atoms with Gasteiger partial charge < -0.3 is 9.88 Å². The normalized spacial score (nSPS) is 17.3. The molecule has 1 aliphatic rings. The molecular formula is C16H22N4O3S2. The van der Waals surface area contributed by atoms with Gasteiger partial charge in [0.25, 0.3) is 5.91 Å². The van der Waals surface area contributed by atoms with Crippen LogP contribution in [0.25, 0.3) is 0 Å². The second-order valence-corrected chi connectivity index (χ2v) is 9.04. The lowest BCUT2D eigenvalue weighted by Gasteiger charge is -2.26. The first-order valence-corrected chi connectivity index (χ1v) is 10.6. The molecule has 136 valence electrons. The number of nitrogens with one attached hydrogen (secondary N) is 1. The van der Waals surface area contributed by atoms with Gasteiger partial charge in [0, 0.05) is 38.1 Å².